The van der Waals surface area contributed by atoms with Crippen LogP contribution in [-0.4, -0.2) is 80.6 Å². The molecule has 0 heterocycles. The first-order valence-corrected chi connectivity index (χ1v) is 21.4. The maximum atomic E-state index is 12.5. The lowest BCUT2D eigenvalue weighted by molar-refractivity contribution is -0.887. The summed E-state index contributed by atoms with van der Waals surface area (Å²) in [6.07, 6.45) is 38.5. The Morgan fingerprint density at radius 3 is 1.54 bits per heavy atom. The number of unbranched alkanes of at least 4 members (excludes halogenated alkanes) is 20. The molecule has 8 heteroatoms. The molecule has 0 bridgehead atoms. The average molecular weight is 737 g/mol. The van der Waals surface area contributed by atoms with Crippen LogP contribution < -0.4 is 0 Å². The summed E-state index contributed by atoms with van der Waals surface area (Å²) in [7, 11) is 5.50. The molecule has 8 nitrogen and oxygen atoms in total. The minimum absolute atomic E-state index is 0.0412. The SMILES string of the molecule is CC/C=C/C/C=C/CCC(=O)OC(COCCC(C(=O)O)[N+](C)(C)C)COC(=O)CCCCCCCCCCCCCCCCCCCCCCC. The molecule has 0 amide bonds. The van der Waals surface area contributed by atoms with Crippen LogP contribution in [0, 0.1) is 0 Å². The van der Waals surface area contributed by atoms with Gasteiger partial charge in [0.2, 0.25) is 0 Å². The van der Waals surface area contributed by atoms with E-state index in [-0.39, 0.29) is 42.7 Å². The van der Waals surface area contributed by atoms with Gasteiger partial charge in [0.05, 0.1) is 34.4 Å². The van der Waals surface area contributed by atoms with Crippen molar-refractivity contribution in [2.75, 3.05) is 41.0 Å². The van der Waals surface area contributed by atoms with Gasteiger partial charge < -0.3 is 23.8 Å². The highest BCUT2D eigenvalue weighted by atomic mass is 16.6. The Hall–Kier alpha value is -2.19. The number of esters is 2. The highest BCUT2D eigenvalue weighted by Gasteiger charge is 2.31. The van der Waals surface area contributed by atoms with Gasteiger partial charge in [0.25, 0.3) is 0 Å². The smallest absolute Gasteiger partial charge is 0.362 e. The van der Waals surface area contributed by atoms with Crippen LogP contribution in [0.4, 0.5) is 0 Å². The molecule has 0 aromatic carbocycles. The molecule has 0 spiro atoms. The van der Waals surface area contributed by atoms with E-state index in [1.54, 1.807) is 0 Å². The molecular weight excluding hydrogens is 654 g/mol. The van der Waals surface area contributed by atoms with Crippen LogP contribution in [-0.2, 0) is 28.6 Å². The van der Waals surface area contributed by atoms with Gasteiger partial charge in [-0.1, -0.05) is 167 Å². The summed E-state index contributed by atoms with van der Waals surface area (Å²) >= 11 is 0. The van der Waals surface area contributed by atoms with Crippen molar-refractivity contribution < 1.29 is 38.2 Å². The number of ether oxygens (including phenoxy) is 3. The van der Waals surface area contributed by atoms with Crippen LogP contribution in [0.1, 0.15) is 187 Å². The molecule has 0 aliphatic rings. The van der Waals surface area contributed by atoms with Gasteiger partial charge in [-0.2, -0.15) is 0 Å². The largest absolute Gasteiger partial charge is 0.477 e. The van der Waals surface area contributed by atoms with Crippen LogP contribution in [0.3, 0.4) is 0 Å². The molecule has 0 aliphatic heterocycles. The standard InChI is InChI=1S/C44H81NO7/c1-6-8-10-12-14-15-16-17-18-19-20-21-22-23-24-25-26-27-29-30-32-34-42(46)51-39-40(38-50-37-36-41(44(48)49)45(3,4)5)52-43(47)35-33-31-28-13-11-9-7-2/h9,11,28,31,40-41H,6-8,10,12-27,29-30,32-39H2,1-5H3/p+1/b11-9+,31-28+. The van der Waals surface area contributed by atoms with Crippen molar-refractivity contribution in [3.63, 3.8) is 0 Å². The first-order chi connectivity index (χ1) is 25.1. The molecule has 304 valence electrons. The van der Waals surface area contributed by atoms with Gasteiger partial charge in [0.1, 0.15) is 6.61 Å². The summed E-state index contributed by atoms with van der Waals surface area (Å²) in [6, 6.07) is -0.619. The van der Waals surface area contributed by atoms with Gasteiger partial charge in [0.15, 0.2) is 12.1 Å². The van der Waals surface area contributed by atoms with Crippen molar-refractivity contribution in [1.29, 1.82) is 0 Å². The lowest BCUT2D eigenvalue weighted by atomic mass is 10.0. The van der Waals surface area contributed by atoms with E-state index in [1.807, 2.05) is 33.3 Å². The van der Waals surface area contributed by atoms with Gasteiger partial charge in [-0.3, -0.25) is 9.59 Å². The van der Waals surface area contributed by atoms with Crippen LogP contribution in [0.25, 0.3) is 0 Å². The molecule has 0 fully saturated rings. The molecule has 0 saturated heterocycles. The van der Waals surface area contributed by atoms with Crippen molar-refractivity contribution in [3.05, 3.63) is 24.3 Å². The first-order valence-electron chi connectivity index (χ1n) is 21.4. The van der Waals surface area contributed by atoms with Gasteiger partial charge in [-0.25, -0.2) is 4.79 Å². The van der Waals surface area contributed by atoms with Crippen LogP contribution in [0.2, 0.25) is 0 Å². The van der Waals surface area contributed by atoms with Gasteiger partial charge in [-0.15, -0.1) is 0 Å². The number of likely N-dealkylation sites (N-methyl/N-ethyl adjacent to an activating group) is 1. The van der Waals surface area contributed by atoms with E-state index in [4.69, 9.17) is 14.2 Å². The maximum Gasteiger partial charge on any atom is 0.362 e. The first kappa shape index (κ1) is 49.8. The molecular formula is C44H82NO7+. The number of carbonyl (C=O) groups is 3. The molecule has 1 N–H and O–H groups in total. The van der Waals surface area contributed by atoms with Crippen molar-refractivity contribution in [3.8, 4) is 0 Å². The molecule has 0 radical (unpaired) electrons. The maximum absolute atomic E-state index is 12.5. The third-order valence-electron chi connectivity index (χ3n) is 9.63. The van der Waals surface area contributed by atoms with Crippen molar-refractivity contribution in [1.82, 2.24) is 0 Å². The second kappa shape index (κ2) is 35.8. The molecule has 0 rings (SSSR count). The summed E-state index contributed by atoms with van der Waals surface area (Å²) in [4.78, 5) is 36.7. The Labute approximate surface area is 320 Å². The van der Waals surface area contributed by atoms with E-state index >= 15 is 0 Å². The summed E-state index contributed by atoms with van der Waals surface area (Å²) in [5, 5.41) is 9.57. The van der Waals surface area contributed by atoms with Crippen LogP contribution >= 0.6 is 0 Å². The Morgan fingerprint density at radius 2 is 1.08 bits per heavy atom. The zero-order chi connectivity index (χ0) is 38.5. The minimum atomic E-state index is -0.883. The van der Waals surface area contributed by atoms with E-state index in [1.165, 1.54) is 116 Å². The third-order valence-corrected chi connectivity index (χ3v) is 9.63. The van der Waals surface area contributed by atoms with Crippen molar-refractivity contribution in [2.45, 2.75) is 199 Å². The quantitative estimate of drug-likeness (QED) is 0.0291. The van der Waals surface area contributed by atoms with E-state index in [9.17, 15) is 19.5 Å². The van der Waals surface area contributed by atoms with E-state index < -0.39 is 18.1 Å². The highest BCUT2D eigenvalue weighted by Crippen LogP contribution is 2.16. The third kappa shape index (κ3) is 33.6. The second-order valence-corrected chi connectivity index (χ2v) is 15.6. The fourth-order valence-electron chi connectivity index (χ4n) is 6.33. The molecule has 0 saturated carbocycles. The molecule has 0 aromatic rings. The number of carboxylic acid groups (broad SMARTS) is 1. The van der Waals surface area contributed by atoms with Gasteiger partial charge in [-0.05, 0) is 25.7 Å². The topological polar surface area (TPSA) is 99.1 Å². The van der Waals surface area contributed by atoms with Gasteiger partial charge in [0, 0.05) is 19.3 Å². The van der Waals surface area contributed by atoms with E-state index in [2.05, 4.69) is 26.0 Å². The fourth-order valence-corrected chi connectivity index (χ4v) is 6.33. The number of rotatable bonds is 38. The number of allylic oxidation sites excluding steroid dienone is 4. The predicted octanol–water partition coefficient (Wildman–Crippen LogP) is 11.3. The molecule has 52 heavy (non-hydrogen) atoms. The van der Waals surface area contributed by atoms with Crippen LogP contribution in [0.15, 0.2) is 24.3 Å². The normalized spacial score (nSPS) is 13.2. The Balaban J connectivity index is 4.12. The zero-order valence-corrected chi connectivity index (χ0v) is 34.5. The fraction of sp³-hybridized carbons (Fsp3) is 0.841. The zero-order valence-electron chi connectivity index (χ0n) is 34.5. The Kier molecular flexibility index (Phi) is 34.3. The molecule has 0 aliphatic carbocycles. The second-order valence-electron chi connectivity index (χ2n) is 15.6. The number of hydrogen-bond donors (Lipinski definition) is 1. The van der Waals surface area contributed by atoms with Gasteiger partial charge >= 0.3 is 17.9 Å². The number of carbonyl (C=O) groups excluding carboxylic acids is 2. The van der Waals surface area contributed by atoms with Crippen molar-refractivity contribution in [2.24, 2.45) is 0 Å². The lowest BCUT2D eigenvalue weighted by Gasteiger charge is -2.31. The van der Waals surface area contributed by atoms with Crippen LogP contribution in [0.5, 0.6) is 0 Å². The number of carboxylic acids is 1. The Morgan fingerprint density at radius 1 is 0.596 bits per heavy atom. The summed E-state index contributed by atoms with van der Waals surface area (Å²) in [6.45, 7) is 4.54. The number of hydrogen-bond acceptors (Lipinski definition) is 6. The predicted molar refractivity (Wildman–Crippen MR) is 215 cm³/mol. The highest BCUT2D eigenvalue weighted by molar-refractivity contribution is 5.72. The summed E-state index contributed by atoms with van der Waals surface area (Å²) in [5.41, 5.74) is 0. The van der Waals surface area contributed by atoms with Crippen molar-refractivity contribution >= 4 is 17.9 Å². The van der Waals surface area contributed by atoms with E-state index in [0.717, 1.165) is 32.1 Å². The summed E-state index contributed by atoms with van der Waals surface area (Å²) in [5.74, 6) is -1.55. The minimum Gasteiger partial charge on any atom is -0.477 e. The van der Waals surface area contributed by atoms with E-state index in [0.29, 0.717) is 19.3 Å². The number of aliphatic carboxylic acids is 1. The number of quaternary nitrogens is 1. The molecule has 2 atom stereocenters. The average Bonchev–Trinajstić information content (AvgIpc) is 3.09. The monoisotopic (exact) mass is 737 g/mol. The summed E-state index contributed by atoms with van der Waals surface area (Å²) < 4.78 is 17.1. The lowest BCUT2D eigenvalue weighted by Crippen LogP contribution is -2.50. The molecule has 0 aromatic heterocycles. The Bertz CT molecular complexity index is 911. The number of nitrogens with zero attached hydrogens (tertiary/aromatic N) is 1. The molecule has 2 unspecified atom stereocenters.